The normalized spacial score (nSPS) is 11.6. The molecule has 0 atom stereocenters. The standard InChI is InChI=1S/C14H15NO2.2CH4.2CH3.Y/c1-11(16)9-13-7-8-15(14(13)17)10-12-5-3-2-4-6-12;;;;;/h2-7H,8-10H2,1H3;2*1H4;2*1H3;/q;;;2*-1;. The Morgan fingerprint density at radius 3 is 2.18 bits per heavy atom. The third-order valence-corrected chi connectivity index (χ3v) is 2.78. The van der Waals surface area contributed by atoms with Crippen molar-refractivity contribution in [3.63, 3.8) is 0 Å². The van der Waals surface area contributed by atoms with Gasteiger partial charge in [-0.3, -0.25) is 9.59 Å². The number of Topliss-reactive ketones (excluding diaryl/α,β-unsaturated/α-hetero) is 1. The molecule has 1 radical (unpaired) electrons. The molecule has 0 saturated carbocycles. The minimum Gasteiger partial charge on any atom is -0.358 e. The third-order valence-electron chi connectivity index (χ3n) is 2.78. The van der Waals surface area contributed by atoms with E-state index >= 15 is 0 Å². The van der Waals surface area contributed by atoms with Crippen LogP contribution in [0.15, 0.2) is 42.0 Å². The molecule has 0 N–H and O–H groups in total. The van der Waals surface area contributed by atoms with Crippen molar-refractivity contribution in [2.24, 2.45) is 0 Å². The zero-order chi connectivity index (χ0) is 12.3. The molecular weight excluding hydrogens is 351 g/mol. The van der Waals surface area contributed by atoms with Crippen molar-refractivity contribution in [2.75, 3.05) is 6.54 Å². The van der Waals surface area contributed by atoms with Crippen molar-refractivity contribution in [1.82, 2.24) is 4.90 Å². The van der Waals surface area contributed by atoms with Gasteiger partial charge in [0.15, 0.2) is 0 Å². The Balaban J connectivity index is -0.000000324. The molecule has 0 unspecified atom stereocenters. The van der Waals surface area contributed by atoms with Gasteiger partial charge in [0.2, 0.25) is 0 Å². The van der Waals surface area contributed by atoms with Gasteiger partial charge in [0, 0.05) is 57.8 Å². The number of carbonyl (C=O) groups excluding carboxylic acids is 2. The van der Waals surface area contributed by atoms with Gasteiger partial charge in [-0.1, -0.05) is 51.3 Å². The summed E-state index contributed by atoms with van der Waals surface area (Å²) in [6.07, 6.45) is 2.11. The van der Waals surface area contributed by atoms with Crippen LogP contribution >= 0.6 is 0 Å². The number of hydrogen-bond donors (Lipinski definition) is 0. The van der Waals surface area contributed by atoms with Crippen LogP contribution in [-0.4, -0.2) is 23.1 Å². The van der Waals surface area contributed by atoms with Crippen LogP contribution < -0.4 is 0 Å². The van der Waals surface area contributed by atoms with Gasteiger partial charge >= 0.3 is 0 Å². The summed E-state index contributed by atoms with van der Waals surface area (Å²) in [5, 5.41) is 0. The van der Waals surface area contributed by atoms with Crippen molar-refractivity contribution >= 4 is 11.7 Å². The van der Waals surface area contributed by atoms with Crippen LogP contribution in [0.3, 0.4) is 0 Å². The van der Waals surface area contributed by atoms with Gasteiger partial charge in [-0.05, 0) is 12.5 Å². The number of hydrogen-bond acceptors (Lipinski definition) is 2. The van der Waals surface area contributed by atoms with Gasteiger partial charge < -0.3 is 19.8 Å². The maximum absolute atomic E-state index is 12.0. The van der Waals surface area contributed by atoms with E-state index in [0.29, 0.717) is 18.7 Å². The summed E-state index contributed by atoms with van der Waals surface area (Å²) in [6.45, 7) is 2.72. The Morgan fingerprint density at radius 1 is 1.14 bits per heavy atom. The summed E-state index contributed by atoms with van der Waals surface area (Å²) in [4.78, 5) is 24.7. The second kappa shape index (κ2) is 13.8. The first-order valence-corrected chi connectivity index (χ1v) is 5.68. The van der Waals surface area contributed by atoms with Gasteiger partial charge in [-0.2, -0.15) is 0 Å². The van der Waals surface area contributed by atoms with Crippen LogP contribution in [0.25, 0.3) is 0 Å². The first kappa shape index (κ1) is 29.2. The fraction of sp³-hybridized carbons (Fsp3) is 0.333. The SMILES string of the molecule is C.C.CC(=O)CC1=CCN(Cc2ccccc2)C1=O.[CH3-].[CH3-].[Y]. The molecule has 0 spiro atoms. The van der Waals surface area contributed by atoms with Crippen LogP contribution in [-0.2, 0) is 48.8 Å². The van der Waals surface area contributed by atoms with Crippen LogP contribution in [0.5, 0.6) is 0 Å². The number of amides is 1. The molecule has 0 fully saturated rings. The summed E-state index contributed by atoms with van der Waals surface area (Å²) >= 11 is 0. The van der Waals surface area contributed by atoms with Gasteiger partial charge in [-0.15, -0.1) is 0 Å². The van der Waals surface area contributed by atoms with Crippen molar-refractivity contribution in [3.8, 4) is 0 Å². The zero-order valence-corrected chi connectivity index (χ0v) is 15.3. The van der Waals surface area contributed by atoms with Crippen molar-refractivity contribution in [2.45, 2.75) is 34.7 Å². The molecule has 1 aliphatic rings. The first-order chi connectivity index (χ1) is 8.16. The van der Waals surface area contributed by atoms with E-state index in [1.54, 1.807) is 4.90 Å². The topological polar surface area (TPSA) is 37.4 Å². The molecule has 1 amide bonds. The predicted molar refractivity (Wildman–Crippen MR) is 91.5 cm³/mol. The molecule has 1 aromatic rings. The number of nitrogens with zero attached hydrogens (tertiary/aromatic N) is 1. The molecule has 22 heavy (non-hydrogen) atoms. The second-order valence-electron chi connectivity index (χ2n) is 4.28. The molecule has 0 bridgehead atoms. The summed E-state index contributed by atoms with van der Waals surface area (Å²) in [5.41, 5.74) is 1.74. The quantitative estimate of drug-likeness (QED) is 0.738. The van der Waals surface area contributed by atoms with Crippen molar-refractivity contribution in [3.05, 3.63) is 62.4 Å². The predicted octanol–water partition coefficient (Wildman–Crippen LogP) is 4.10. The molecule has 1 aromatic carbocycles. The fourth-order valence-electron chi connectivity index (χ4n) is 1.95. The van der Waals surface area contributed by atoms with Crippen LogP contribution in [0.4, 0.5) is 0 Å². The third kappa shape index (κ3) is 8.00. The maximum atomic E-state index is 12.0. The Bertz CT molecular complexity index is 469. The molecule has 0 saturated heterocycles. The molecule has 0 aliphatic carbocycles. The number of benzene rings is 1. The molecule has 3 nitrogen and oxygen atoms in total. The van der Waals surface area contributed by atoms with Gasteiger partial charge in [0.05, 0.1) is 0 Å². The number of carbonyl (C=O) groups is 2. The molecular formula is C18H29NO2Y-2. The van der Waals surface area contributed by atoms with E-state index in [4.69, 9.17) is 0 Å². The summed E-state index contributed by atoms with van der Waals surface area (Å²) < 4.78 is 0. The fourth-order valence-corrected chi connectivity index (χ4v) is 1.95. The largest absolute Gasteiger partial charge is 0.358 e. The van der Waals surface area contributed by atoms with E-state index in [2.05, 4.69) is 0 Å². The Hall–Kier alpha value is -0.796. The van der Waals surface area contributed by atoms with E-state index in [1.807, 2.05) is 36.4 Å². The second-order valence-corrected chi connectivity index (χ2v) is 4.28. The van der Waals surface area contributed by atoms with Gasteiger partial charge in [-0.25, -0.2) is 0 Å². The van der Waals surface area contributed by atoms with E-state index in [1.165, 1.54) is 6.92 Å². The molecule has 1 aliphatic heterocycles. The van der Waals surface area contributed by atoms with Crippen molar-refractivity contribution in [1.29, 1.82) is 0 Å². The van der Waals surface area contributed by atoms with Crippen LogP contribution in [0.2, 0.25) is 0 Å². The van der Waals surface area contributed by atoms with Gasteiger partial charge in [0.1, 0.15) is 5.78 Å². The molecule has 123 valence electrons. The van der Waals surface area contributed by atoms with E-state index < -0.39 is 0 Å². The Kier molecular flexibility index (Phi) is 18.4. The molecule has 0 aromatic heterocycles. The van der Waals surface area contributed by atoms with Crippen LogP contribution in [0.1, 0.15) is 33.8 Å². The summed E-state index contributed by atoms with van der Waals surface area (Å²) in [6, 6.07) is 9.86. The monoisotopic (exact) mass is 380 g/mol. The maximum Gasteiger partial charge on any atom is 0.250 e. The average Bonchev–Trinajstić information content (AvgIpc) is 2.62. The molecule has 1 heterocycles. The molecule has 2 rings (SSSR count). The first-order valence-electron chi connectivity index (χ1n) is 5.68. The Morgan fingerprint density at radius 2 is 1.68 bits per heavy atom. The van der Waals surface area contributed by atoms with Crippen molar-refractivity contribution < 1.29 is 42.3 Å². The van der Waals surface area contributed by atoms with E-state index in [9.17, 15) is 9.59 Å². The van der Waals surface area contributed by atoms with E-state index in [-0.39, 0.29) is 80.5 Å². The van der Waals surface area contributed by atoms with Gasteiger partial charge in [0.25, 0.3) is 5.91 Å². The Labute approximate surface area is 162 Å². The number of rotatable bonds is 4. The summed E-state index contributed by atoms with van der Waals surface area (Å²) in [7, 11) is 0. The minimum absolute atomic E-state index is 0. The smallest absolute Gasteiger partial charge is 0.250 e. The minimum atomic E-state index is -0.0101. The summed E-state index contributed by atoms with van der Waals surface area (Å²) in [5.74, 6) is 0.0233. The zero-order valence-electron chi connectivity index (χ0n) is 12.4. The molecule has 4 heteroatoms. The number of ketones is 1. The van der Waals surface area contributed by atoms with Crippen LogP contribution in [0, 0.1) is 14.9 Å². The van der Waals surface area contributed by atoms with E-state index in [0.717, 1.165) is 5.56 Å². The average molecular weight is 380 g/mol.